The molecule has 3 rings (SSSR count). The monoisotopic (exact) mass is 319 g/mol. The lowest BCUT2D eigenvalue weighted by Gasteiger charge is -2.08. The van der Waals surface area contributed by atoms with Crippen molar-refractivity contribution >= 4 is 21.7 Å². The Labute approximate surface area is 122 Å². The van der Waals surface area contributed by atoms with Crippen LogP contribution in [0, 0.1) is 0 Å². The van der Waals surface area contributed by atoms with Crippen molar-refractivity contribution in [2.45, 2.75) is 33.1 Å². The molecule has 0 aliphatic heterocycles. The lowest BCUT2D eigenvalue weighted by Crippen LogP contribution is -2.00. The molecule has 0 amide bonds. The number of aromatic nitrogens is 2. The summed E-state index contributed by atoms with van der Waals surface area (Å²) in [5.74, 6) is 0.502. The minimum atomic E-state index is 0.502. The Morgan fingerprint density at radius 2 is 2.00 bits per heavy atom. The smallest absolute Gasteiger partial charge is 0.142 e. The Morgan fingerprint density at radius 1 is 1.21 bits per heavy atom. The van der Waals surface area contributed by atoms with Crippen LogP contribution in [0.2, 0.25) is 0 Å². The molecule has 2 aromatic rings. The van der Waals surface area contributed by atoms with Gasteiger partial charge in [0.2, 0.25) is 0 Å². The van der Waals surface area contributed by atoms with E-state index in [4.69, 9.17) is 5.73 Å². The van der Waals surface area contributed by atoms with E-state index < -0.39 is 0 Å². The van der Waals surface area contributed by atoms with Gasteiger partial charge in [0.25, 0.3) is 0 Å². The molecule has 4 heteroatoms. The maximum absolute atomic E-state index is 5.70. The van der Waals surface area contributed by atoms with Gasteiger partial charge in [0.1, 0.15) is 5.82 Å². The number of nitrogen functional groups attached to an aromatic ring is 1. The van der Waals surface area contributed by atoms with Gasteiger partial charge in [-0.25, -0.2) is 4.98 Å². The molecule has 0 saturated heterocycles. The van der Waals surface area contributed by atoms with Crippen LogP contribution in [0.5, 0.6) is 0 Å². The molecule has 1 aliphatic carbocycles. The predicted molar refractivity (Wildman–Crippen MR) is 83.0 cm³/mol. The van der Waals surface area contributed by atoms with Gasteiger partial charge < -0.3 is 5.73 Å². The van der Waals surface area contributed by atoms with Crippen molar-refractivity contribution in [3.05, 3.63) is 40.1 Å². The molecule has 3 nitrogen and oxygen atoms in total. The van der Waals surface area contributed by atoms with Crippen molar-refractivity contribution < 1.29 is 0 Å². The molecule has 100 valence electrons. The van der Waals surface area contributed by atoms with Gasteiger partial charge in [-0.15, -0.1) is 0 Å². The SMILES string of the molecule is CC.Nc1cnc2c(n1)CCCc1ccc(Br)cc1-2. The van der Waals surface area contributed by atoms with Gasteiger partial charge in [-0.1, -0.05) is 35.8 Å². The van der Waals surface area contributed by atoms with Crippen LogP contribution in [0.25, 0.3) is 11.3 Å². The zero-order valence-corrected chi connectivity index (χ0v) is 12.9. The average molecular weight is 320 g/mol. The minimum absolute atomic E-state index is 0.502. The quantitative estimate of drug-likeness (QED) is 0.798. The fourth-order valence-corrected chi connectivity index (χ4v) is 2.64. The summed E-state index contributed by atoms with van der Waals surface area (Å²) >= 11 is 3.51. The second-order valence-electron chi connectivity index (χ2n) is 4.25. The van der Waals surface area contributed by atoms with E-state index in [-0.39, 0.29) is 0 Å². The molecule has 1 aliphatic rings. The Balaban J connectivity index is 0.000000637. The van der Waals surface area contributed by atoms with E-state index in [0.29, 0.717) is 5.82 Å². The van der Waals surface area contributed by atoms with Crippen LogP contribution in [0.3, 0.4) is 0 Å². The number of benzene rings is 1. The van der Waals surface area contributed by atoms with E-state index in [0.717, 1.165) is 35.1 Å². The Morgan fingerprint density at radius 3 is 2.79 bits per heavy atom. The molecule has 2 N–H and O–H groups in total. The average Bonchev–Trinajstić information content (AvgIpc) is 2.59. The zero-order valence-electron chi connectivity index (χ0n) is 11.3. The van der Waals surface area contributed by atoms with E-state index in [2.05, 4.69) is 44.1 Å². The topological polar surface area (TPSA) is 51.8 Å². The van der Waals surface area contributed by atoms with Crippen LogP contribution in [0.15, 0.2) is 28.9 Å². The van der Waals surface area contributed by atoms with E-state index in [9.17, 15) is 0 Å². The van der Waals surface area contributed by atoms with Gasteiger partial charge in [0.15, 0.2) is 0 Å². The van der Waals surface area contributed by atoms with Gasteiger partial charge >= 0.3 is 0 Å². The van der Waals surface area contributed by atoms with Gasteiger partial charge in [-0.2, -0.15) is 0 Å². The lowest BCUT2D eigenvalue weighted by molar-refractivity contribution is 0.812. The number of nitrogens with two attached hydrogens (primary N) is 1. The summed E-state index contributed by atoms with van der Waals surface area (Å²) in [5.41, 5.74) is 10.2. The third kappa shape index (κ3) is 2.95. The summed E-state index contributed by atoms with van der Waals surface area (Å²) in [7, 11) is 0. The molecule has 0 bridgehead atoms. The Hall–Kier alpha value is -1.42. The van der Waals surface area contributed by atoms with E-state index >= 15 is 0 Å². The van der Waals surface area contributed by atoms with Gasteiger partial charge in [0, 0.05) is 10.0 Å². The third-order valence-electron chi connectivity index (χ3n) is 3.05. The minimum Gasteiger partial charge on any atom is -0.382 e. The second-order valence-corrected chi connectivity index (χ2v) is 5.16. The highest BCUT2D eigenvalue weighted by atomic mass is 79.9. The van der Waals surface area contributed by atoms with Crippen molar-refractivity contribution in [3.63, 3.8) is 0 Å². The highest BCUT2D eigenvalue weighted by Gasteiger charge is 2.17. The molecule has 0 fully saturated rings. The molecule has 19 heavy (non-hydrogen) atoms. The Bertz CT molecular complexity index is 582. The first-order chi connectivity index (χ1) is 9.24. The third-order valence-corrected chi connectivity index (χ3v) is 3.54. The van der Waals surface area contributed by atoms with Crippen LogP contribution in [-0.4, -0.2) is 9.97 Å². The first kappa shape index (κ1) is 14.0. The number of hydrogen-bond acceptors (Lipinski definition) is 3. The van der Waals surface area contributed by atoms with Gasteiger partial charge in [0.05, 0.1) is 17.6 Å². The fraction of sp³-hybridized carbons (Fsp3) is 0.333. The van der Waals surface area contributed by atoms with Crippen molar-refractivity contribution in [2.75, 3.05) is 5.73 Å². The van der Waals surface area contributed by atoms with E-state index in [1.807, 2.05) is 13.8 Å². The molecule has 0 unspecified atom stereocenters. The summed E-state index contributed by atoms with van der Waals surface area (Å²) in [5, 5.41) is 0. The van der Waals surface area contributed by atoms with Crippen LogP contribution in [0.4, 0.5) is 5.82 Å². The molecular weight excluding hydrogens is 302 g/mol. The first-order valence-corrected chi connectivity index (χ1v) is 7.43. The van der Waals surface area contributed by atoms with Gasteiger partial charge in [-0.05, 0) is 37.0 Å². The number of aryl methyl sites for hydroxylation is 2. The highest BCUT2D eigenvalue weighted by Crippen LogP contribution is 2.32. The number of hydrogen-bond donors (Lipinski definition) is 1. The summed E-state index contributed by atoms with van der Waals surface area (Å²) in [4.78, 5) is 8.86. The van der Waals surface area contributed by atoms with Crippen molar-refractivity contribution in [1.29, 1.82) is 0 Å². The molecule has 0 atom stereocenters. The zero-order chi connectivity index (χ0) is 13.8. The molecule has 0 radical (unpaired) electrons. The van der Waals surface area contributed by atoms with E-state index in [1.165, 1.54) is 11.1 Å². The first-order valence-electron chi connectivity index (χ1n) is 6.64. The Kier molecular flexibility index (Phi) is 4.53. The molecular formula is C15H18BrN3. The van der Waals surface area contributed by atoms with Crippen molar-refractivity contribution in [1.82, 2.24) is 9.97 Å². The van der Waals surface area contributed by atoms with Crippen molar-refractivity contribution in [2.24, 2.45) is 0 Å². The number of anilines is 1. The van der Waals surface area contributed by atoms with Crippen LogP contribution in [-0.2, 0) is 12.8 Å². The van der Waals surface area contributed by atoms with Crippen molar-refractivity contribution in [3.8, 4) is 11.3 Å². The molecule has 1 aromatic carbocycles. The van der Waals surface area contributed by atoms with Crippen LogP contribution in [0.1, 0.15) is 31.5 Å². The summed E-state index contributed by atoms with van der Waals surface area (Å²) in [6.45, 7) is 4.00. The van der Waals surface area contributed by atoms with Gasteiger partial charge in [-0.3, -0.25) is 4.98 Å². The lowest BCUT2D eigenvalue weighted by atomic mass is 10.0. The van der Waals surface area contributed by atoms with Crippen LogP contribution >= 0.6 is 15.9 Å². The largest absolute Gasteiger partial charge is 0.382 e. The van der Waals surface area contributed by atoms with Crippen LogP contribution < -0.4 is 5.73 Å². The maximum atomic E-state index is 5.70. The number of rotatable bonds is 0. The summed E-state index contributed by atoms with van der Waals surface area (Å²) in [6, 6.07) is 6.35. The molecule has 1 heterocycles. The molecule has 1 aromatic heterocycles. The molecule has 0 saturated carbocycles. The number of nitrogens with zero attached hydrogens (tertiary/aromatic N) is 2. The maximum Gasteiger partial charge on any atom is 0.142 e. The summed E-state index contributed by atoms with van der Waals surface area (Å²) < 4.78 is 1.07. The predicted octanol–water partition coefficient (Wildman–Crippen LogP) is 4.00. The second kappa shape index (κ2) is 6.15. The number of halogens is 1. The molecule has 0 spiro atoms. The van der Waals surface area contributed by atoms with E-state index in [1.54, 1.807) is 6.20 Å². The standard InChI is InChI=1S/C13H12BrN3.C2H6/c14-9-5-4-8-2-1-3-11-13(10(8)6-9)16-7-12(15)17-11;1-2/h4-7H,1-3H2,(H2,15,17);1-2H3. The highest BCUT2D eigenvalue weighted by molar-refractivity contribution is 9.10. The fourth-order valence-electron chi connectivity index (χ4n) is 2.28. The normalized spacial score (nSPS) is 12.6. The number of fused-ring (bicyclic) bond motifs is 3. The summed E-state index contributed by atoms with van der Waals surface area (Å²) in [6.07, 6.45) is 4.74.